The number of hydrogen-bond donors (Lipinski definition) is 2. The van der Waals surface area contributed by atoms with Crippen molar-refractivity contribution in [1.82, 2.24) is 0 Å². The lowest BCUT2D eigenvalue weighted by Gasteiger charge is -2.13. The van der Waals surface area contributed by atoms with E-state index >= 15 is 0 Å². The predicted molar refractivity (Wildman–Crippen MR) is 111 cm³/mol. The largest absolute Gasteiger partial charge is 0.393 e. The second-order valence-corrected chi connectivity index (χ2v) is 9.64. The van der Waals surface area contributed by atoms with Gasteiger partial charge >= 0.3 is 0 Å². The van der Waals surface area contributed by atoms with Crippen molar-refractivity contribution in [3.05, 3.63) is 0 Å². The van der Waals surface area contributed by atoms with Gasteiger partial charge in [-0.05, 0) is 26.2 Å². The first-order valence-electron chi connectivity index (χ1n) is 11.0. The van der Waals surface area contributed by atoms with E-state index in [9.17, 15) is 18.1 Å². The summed E-state index contributed by atoms with van der Waals surface area (Å²) in [4.78, 5) is 0. The van der Waals surface area contributed by atoms with Gasteiger partial charge in [-0.2, -0.15) is 8.42 Å². The zero-order valence-electron chi connectivity index (χ0n) is 17.3. The van der Waals surface area contributed by atoms with E-state index < -0.39 is 15.4 Å². The molecule has 2 N–H and O–H groups in total. The summed E-state index contributed by atoms with van der Waals surface area (Å²) in [5.41, 5.74) is 0. The average molecular weight is 393 g/mol. The number of hydrogen-bond acceptors (Lipinski definition) is 3. The Kier molecular flexibility index (Phi) is 16.9. The molecule has 0 radical (unpaired) electrons. The topological polar surface area (TPSA) is 74.6 Å². The summed E-state index contributed by atoms with van der Waals surface area (Å²) in [6.45, 7) is 4.03. The molecular weight excluding hydrogens is 348 g/mol. The van der Waals surface area contributed by atoms with Gasteiger partial charge in [0.25, 0.3) is 10.1 Å². The van der Waals surface area contributed by atoms with E-state index in [0.717, 1.165) is 51.4 Å². The molecule has 0 aliphatic heterocycles. The van der Waals surface area contributed by atoms with Gasteiger partial charge in [-0.3, -0.25) is 4.55 Å². The van der Waals surface area contributed by atoms with Crippen molar-refractivity contribution in [3.8, 4) is 0 Å². The highest BCUT2D eigenvalue weighted by molar-refractivity contribution is 7.86. The smallest absolute Gasteiger partial charge is 0.267 e. The summed E-state index contributed by atoms with van der Waals surface area (Å²) in [7, 11) is -3.90. The molecule has 0 saturated carbocycles. The summed E-state index contributed by atoms with van der Waals surface area (Å²) in [5.74, 6) is 0. The van der Waals surface area contributed by atoms with Gasteiger partial charge in [0, 0.05) is 0 Å². The third-order valence-electron chi connectivity index (χ3n) is 5.20. The summed E-state index contributed by atoms with van der Waals surface area (Å²) < 4.78 is 32.6. The maximum Gasteiger partial charge on any atom is 0.267 e. The molecule has 2 unspecified atom stereocenters. The fourth-order valence-electron chi connectivity index (χ4n) is 3.47. The standard InChI is InChI=1S/C21H44O4S/c1-3-4-5-6-8-12-15-18-21(26(23,24)25)19-16-13-10-7-9-11-14-17-20(2)22/h20-22H,3-19H2,1-2H3,(H,23,24,25). The fraction of sp³-hybridized carbons (Fsp3) is 1.00. The van der Waals surface area contributed by atoms with E-state index in [-0.39, 0.29) is 6.10 Å². The lowest BCUT2D eigenvalue weighted by Crippen LogP contribution is -2.20. The molecule has 0 rings (SSSR count). The molecule has 0 aliphatic carbocycles. The Morgan fingerprint density at radius 3 is 1.35 bits per heavy atom. The Labute approximate surface area is 162 Å². The lowest BCUT2D eigenvalue weighted by molar-refractivity contribution is 0.180. The molecule has 158 valence electrons. The monoisotopic (exact) mass is 392 g/mol. The number of aliphatic hydroxyl groups excluding tert-OH is 1. The molecule has 0 bridgehead atoms. The molecule has 5 heteroatoms. The average Bonchev–Trinajstić information content (AvgIpc) is 2.56. The Morgan fingerprint density at radius 2 is 1.00 bits per heavy atom. The van der Waals surface area contributed by atoms with Gasteiger partial charge in [-0.25, -0.2) is 0 Å². The van der Waals surface area contributed by atoms with Crippen LogP contribution >= 0.6 is 0 Å². The van der Waals surface area contributed by atoms with Crippen molar-refractivity contribution >= 4 is 10.1 Å². The van der Waals surface area contributed by atoms with Gasteiger partial charge in [-0.1, -0.05) is 96.8 Å². The van der Waals surface area contributed by atoms with Crippen molar-refractivity contribution in [2.75, 3.05) is 0 Å². The van der Waals surface area contributed by atoms with Crippen LogP contribution < -0.4 is 0 Å². The Hall–Kier alpha value is -0.130. The van der Waals surface area contributed by atoms with Gasteiger partial charge in [0.05, 0.1) is 11.4 Å². The minimum Gasteiger partial charge on any atom is -0.393 e. The summed E-state index contributed by atoms with van der Waals surface area (Å²) >= 11 is 0. The van der Waals surface area contributed by atoms with E-state index in [2.05, 4.69) is 6.92 Å². The van der Waals surface area contributed by atoms with Crippen LogP contribution in [0.4, 0.5) is 0 Å². The summed E-state index contributed by atoms with van der Waals surface area (Å²) in [5, 5.41) is 8.63. The molecule has 0 aromatic carbocycles. The number of aliphatic hydroxyl groups is 1. The van der Waals surface area contributed by atoms with Gasteiger partial charge in [0.2, 0.25) is 0 Å². The molecular formula is C21H44O4S. The van der Waals surface area contributed by atoms with E-state index in [1.165, 1.54) is 44.9 Å². The molecule has 0 saturated heterocycles. The summed E-state index contributed by atoms with van der Waals surface area (Å²) in [6, 6.07) is 0. The number of unbranched alkanes of at least 4 members (excludes halogenated alkanes) is 12. The Bertz CT molecular complexity index is 393. The molecule has 0 aliphatic rings. The van der Waals surface area contributed by atoms with Gasteiger partial charge < -0.3 is 5.11 Å². The maximum atomic E-state index is 11.6. The highest BCUT2D eigenvalue weighted by Gasteiger charge is 2.21. The molecule has 4 nitrogen and oxygen atoms in total. The molecule has 0 fully saturated rings. The first-order chi connectivity index (χ1) is 12.4. The fourth-order valence-corrected chi connectivity index (χ4v) is 4.40. The maximum absolute atomic E-state index is 11.6. The third-order valence-corrected chi connectivity index (χ3v) is 6.51. The minimum absolute atomic E-state index is 0.191. The zero-order chi connectivity index (χ0) is 19.7. The van der Waals surface area contributed by atoms with Crippen LogP contribution in [0.1, 0.15) is 123 Å². The molecule has 0 aromatic heterocycles. The molecule has 0 heterocycles. The third kappa shape index (κ3) is 17.3. The van der Waals surface area contributed by atoms with E-state index in [1.54, 1.807) is 0 Å². The molecule has 0 aromatic rings. The second-order valence-electron chi connectivity index (χ2n) is 7.95. The van der Waals surface area contributed by atoms with E-state index in [1.807, 2.05) is 6.92 Å². The van der Waals surface area contributed by atoms with Crippen LogP contribution in [-0.2, 0) is 10.1 Å². The van der Waals surface area contributed by atoms with Gasteiger partial charge in [-0.15, -0.1) is 0 Å². The number of rotatable bonds is 19. The van der Waals surface area contributed by atoms with Gasteiger partial charge in [0.1, 0.15) is 0 Å². The van der Waals surface area contributed by atoms with Crippen molar-refractivity contribution in [1.29, 1.82) is 0 Å². The molecule has 0 spiro atoms. The Balaban J connectivity index is 3.69. The summed E-state index contributed by atoms with van der Waals surface area (Å²) in [6.07, 6.45) is 17.7. The molecule has 0 amide bonds. The normalized spacial score (nSPS) is 14.5. The van der Waals surface area contributed by atoms with Crippen molar-refractivity contribution in [3.63, 3.8) is 0 Å². The van der Waals surface area contributed by atoms with E-state index in [4.69, 9.17) is 0 Å². The van der Waals surface area contributed by atoms with Crippen molar-refractivity contribution in [2.45, 2.75) is 134 Å². The van der Waals surface area contributed by atoms with Crippen molar-refractivity contribution in [2.24, 2.45) is 0 Å². The van der Waals surface area contributed by atoms with Crippen LogP contribution in [0.3, 0.4) is 0 Å². The van der Waals surface area contributed by atoms with Crippen LogP contribution in [-0.4, -0.2) is 29.4 Å². The van der Waals surface area contributed by atoms with Crippen LogP contribution in [0.2, 0.25) is 0 Å². The van der Waals surface area contributed by atoms with E-state index in [0.29, 0.717) is 12.8 Å². The molecule has 26 heavy (non-hydrogen) atoms. The van der Waals surface area contributed by atoms with Gasteiger partial charge in [0.15, 0.2) is 0 Å². The quantitative estimate of drug-likeness (QED) is 0.200. The molecule has 2 atom stereocenters. The van der Waals surface area contributed by atoms with Crippen LogP contribution in [0.5, 0.6) is 0 Å². The highest BCUT2D eigenvalue weighted by atomic mass is 32.2. The van der Waals surface area contributed by atoms with Crippen LogP contribution in [0, 0.1) is 0 Å². The first kappa shape index (κ1) is 25.9. The predicted octanol–water partition coefficient (Wildman–Crippen LogP) is 6.28. The first-order valence-corrected chi connectivity index (χ1v) is 12.5. The van der Waals surface area contributed by atoms with Crippen LogP contribution in [0.25, 0.3) is 0 Å². The van der Waals surface area contributed by atoms with Crippen LogP contribution in [0.15, 0.2) is 0 Å². The SMILES string of the molecule is CCCCCCCCCC(CCCCCCCCCC(C)O)S(=O)(=O)O. The zero-order valence-corrected chi connectivity index (χ0v) is 18.1. The van der Waals surface area contributed by atoms with Crippen molar-refractivity contribution < 1.29 is 18.1 Å². The second kappa shape index (κ2) is 17.0. The lowest BCUT2D eigenvalue weighted by atomic mass is 10.0. The Morgan fingerprint density at radius 1 is 0.654 bits per heavy atom. The highest BCUT2D eigenvalue weighted by Crippen LogP contribution is 2.19. The minimum atomic E-state index is -3.90.